The lowest BCUT2D eigenvalue weighted by Gasteiger charge is -2.06. The molecule has 0 saturated heterocycles. The van der Waals surface area contributed by atoms with Crippen LogP contribution < -0.4 is 10.5 Å². The Balaban J connectivity index is 2.30. The van der Waals surface area contributed by atoms with Crippen LogP contribution in [0.1, 0.15) is 18.2 Å². The summed E-state index contributed by atoms with van der Waals surface area (Å²) >= 11 is 0. The highest BCUT2D eigenvalue weighted by atomic mass is 32.2. The molecule has 108 valence electrons. The van der Waals surface area contributed by atoms with E-state index in [1.807, 2.05) is 30.5 Å². The van der Waals surface area contributed by atoms with E-state index in [-0.39, 0.29) is 4.90 Å². The molecule has 0 atom stereocenters. The maximum absolute atomic E-state index is 12.3. The van der Waals surface area contributed by atoms with Crippen LogP contribution >= 0.6 is 0 Å². The van der Waals surface area contributed by atoms with Gasteiger partial charge in [-0.1, -0.05) is 17.7 Å². The number of nitrogens with two attached hydrogens (primary N) is 1. The molecular formula is C14H19N3O2S. The molecule has 1 heterocycles. The fraction of sp³-hybridized carbons (Fsp3) is 0.286. The number of nitrogens with one attached hydrogen (secondary N) is 1. The second-order valence-electron chi connectivity index (χ2n) is 4.63. The summed E-state index contributed by atoms with van der Waals surface area (Å²) in [7, 11) is -3.57. The molecule has 0 spiro atoms. The third-order valence-electron chi connectivity index (χ3n) is 3.12. The Bertz CT molecular complexity index is 666. The molecule has 0 saturated carbocycles. The Hall–Kier alpha value is -1.79. The van der Waals surface area contributed by atoms with Crippen molar-refractivity contribution < 1.29 is 8.42 Å². The first-order valence-corrected chi connectivity index (χ1v) is 7.93. The van der Waals surface area contributed by atoms with E-state index in [2.05, 4.69) is 4.72 Å². The number of aromatic nitrogens is 1. The van der Waals surface area contributed by atoms with Gasteiger partial charge in [-0.25, -0.2) is 8.42 Å². The number of rotatable bonds is 5. The second-order valence-corrected chi connectivity index (χ2v) is 6.31. The highest BCUT2D eigenvalue weighted by molar-refractivity contribution is 7.92. The maximum Gasteiger partial charge on any atom is 0.263 e. The van der Waals surface area contributed by atoms with Crippen molar-refractivity contribution in [1.29, 1.82) is 0 Å². The van der Waals surface area contributed by atoms with Crippen LogP contribution in [0.25, 0.3) is 0 Å². The van der Waals surface area contributed by atoms with Crippen LogP contribution in [-0.2, 0) is 23.1 Å². The molecule has 20 heavy (non-hydrogen) atoms. The van der Waals surface area contributed by atoms with Gasteiger partial charge in [0.05, 0.1) is 0 Å². The van der Waals surface area contributed by atoms with Crippen molar-refractivity contribution in [1.82, 2.24) is 4.57 Å². The van der Waals surface area contributed by atoms with Crippen LogP contribution in [0.5, 0.6) is 0 Å². The van der Waals surface area contributed by atoms with E-state index in [1.54, 1.807) is 24.4 Å². The zero-order chi connectivity index (χ0) is 14.8. The Morgan fingerprint density at radius 2 is 1.90 bits per heavy atom. The van der Waals surface area contributed by atoms with Gasteiger partial charge in [0.15, 0.2) is 0 Å². The van der Waals surface area contributed by atoms with E-state index >= 15 is 0 Å². The molecule has 3 N–H and O–H groups in total. The van der Waals surface area contributed by atoms with E-state index in [0.717, 1.165) is 11.3 Å². The summed E-state index contributed by atoms with van der Waals surface area (Å²) in [5, 5.41) is 0. The molecule has 0 bridgehead atoms. The minimum absolute atomic E-state index is 0.236. The van der Waals surface area contributed by atoms with Gasteiger partial charge in [-0.05, 0) is 32.0 Å². The van der Waals surface area contributed by atoms with Crippen LogP contribution in [0.2, 0.25) is 0 Å². The summed E-state index contributed by atoms with van der Waals surface area (Å²) in [6, 6.07) is 8.82. The Morgan fingerprint density at radius 1 is 1.25 bits per heavy atom. The SMILES string of the molecule is CCn1cc(S(=O)(=O)Nc2ccc(C)cc2)cc1CN. The first-order chi connectivity index (χ1) is 9.46. The van der Waals surface area contributed by atoms with Crippen molar-refractivity contribution in [2.45, 2.75) is 31.8 Å². The van der Waals surface area contributed by atoms with Gasteiger partial charge in [0.2, 0.25) is 0 Å². The molecule has 0 aliphatic carbocycles. The first-order valence-electron chi connectivity index (χ1n) is 6.45. The number of sulfonamides is 1. The monoisotopic (exact) mass is 293 g/mol. The molecule has 1 aromatic heterocycles. The lowest BCUT2D eigenvalue weighted by Crippen LogP contribution is -2.12. The Labute approximate surface area is 119 Å². The zero-order valence-electron chi connectivity index (χ0n) is 11.6. The molecular weight excluding hydrogens is 274 g/mol. The molecule has 0 amide bonds. The van der Waals surface area contributed by atoms with Crippen LogP contribution in [0.15, 0.2) is 41.4 Å². The maximum atomic E-state index is 12.3. The summed E-state index contributed by atoms with van der Waals surface area (Å²) in [5.74, 6) is 0. The van der Waals surface area contributed by atoms with Crippen molar-refractivity contribution in [2.24, 2.45) is 5.73 Å². The fourth-order valence-electron chi connectivity index (χ4n) is 1.97. The second kappa shape index (κ2) is 5.68. The molecule has 6 heteroatoms. The third-order valence-corrected chi connectivity index (χ3v) is 4.47. The minimum atomic E-state index is -3.57. The molecule has 0 aliphatic heterocycles. The molecule has 5 nitrogen and oxygen atoms in total. The first kappa shape index (κ1) is 14.6. The van der Waals surface area contributed by atoms with Gasteiger partial charge in [-0.3, -0.25) is 4.72 Å². The van der Waals surface area contributed by atoms with Gasteiger partial charge in [-0.15, -0.1) is 0 Å². The fourth-order valence-corrected chi connectivity index (χ4v) is 3.10. The molecule has 0 unspecified atom stereocenters. The van der Waals surface area contributed by atoms with Crippen molar-refractivity contribution in [2.75, 3.05) is 4.72 Å². The van der Waals surface area contributed by atoms with Crippen molar-refractivity contribution in [3.63, 3.8) is 0 Å². The Morgan fingerprint density at radius 3 is 2.40 bits per heavy atom. The lowest BCUT2D eigenvalue weighted by atomic mass is 10.2. The summed E-state index contributed by atoms with van der Waals surface area (Å²) in [4.78, 5) is 0.236. The number of benzene rings is 1. The molecule has 0 aliphatic rings. The number of aryl methyl sites for hydroxylation is 2. The van der Waals surface area contributed by atoms with Gasteiger partial charge in [0.1, 0.15) is 4.90 Å². The molecule has 2 aromatic rings. The number of hydrogen-bond acceptors (Lipinski definition) is 3. The topological polar surface area (TPSA) is 77.1 Å². The average molecular weight is 293 g/mol. The quantitative estimate of drug-likeness (QED) is 0.886. The largest absolute Gasteiger partial charge is 0.349 e. The standard InChI is InChI=1S/C14H19N3O2S/c1-3-17-10-14(8-13(17)9-15)20(18,19)16-12-6-4-11(2)5-7-12/h4-8,10,16H,3,9,15H2,1-2H3. The van der Waals surface area contributed by atoms with Gasteiger partial charge in [0.25, 0.3) is 10.0 Å². The smallest absolute Gasteiger partial charge is 0.263 e. The summed E-state index contributed by atoms with van der Waals surface area (Å²) in [6.07, 6.45) is 1.61. The van der Waals surface area contributed by atoms with Crippen molar-refractivity contribution in [3.05, 3.63) is 47.8 Å². The van der Waals surface area contributed by atoms with Crippen LogP contribution in [0.4, 0.5) is 5.69 Å². The van der Waals surface area contributed by atoms with Crippen molar-refractivity contribution in [3.8, 4) is 0 Å². The van der Waals surface area contributed by atoms with Crippen LogP contribution in [0.3, 0.4) is 0 Å². The summed E-state index contributed by atoms with van der Waals surface area (Å²) < 4.78 is 29.0. The minimum Gasteiger partial charge on any atom is -0.349 e. The Kier molecular flexibility index (Phi) is 4.15. The van der Waals surface area contributed by atoms with Crippen LogP contribution in [0, 0.1) is 6.92 Å². The highest BCUT2D eigenvalue weighted by Crippen LogP contribution is 2.19. The van der Waals surface area contributed by atoms with Gasteiger partial charge < -0.3 is 10.3 Å². The molecule has 0 radical (unpaired) electrons. The van der Waals surface area contributed by atoms with Gasteiger partial charge >= 0.3 is 0 Å². The molecule has 2 rings (SSSR count). The predicted octanol–water partition coefficient (Wildman–Crippen LogP) is 2.08. The zero-order valence-corrected chi connectivity index (χ0v) is 12.4. The van der Waals surface area contributed by atoms with Gasteiger partial charge in [0, 0.05) is 30.7 Å². The molecule has 0 fully saturated rings. The van der Waals surface area contributed by atoms with E-state index < -0.39 is 10.0 Å². The third kappa shape index (κ3) is 3.02. The van der Waals surface area contributed by atoms with Gasteiger partial charge in [-0.2, -0.15) is 0 Å². The van der Waals surface area contributed by atoms with E-state index in [4.69, 9.17) is 5.73 Å². The number of anilines is 1. The normalized spacial score (nSPS) is 11.6. The predicted molar refractivity (Wildman–Crippen MR) is 80.0 cm³/mol. The highest BCUT2D eigenvalue weighted by Gasteiger charge is 2.17. The summed E-state index contributed by atoms with van der Waals surface area (Å²) in [5.41, 5.74) is 8.05. The van der Waals surface area contributed by atoms with E-state index in [1.165, 1.54) is 0 Å². The van der Waals surface area contributed by atoms with Crippen molar-refractivity contribution >= 4 is 15.7 Å². The van der Waals surface area contributed by atoms with E-state index in [0.29, 0.717) is 18.8 Å². The summed E-state index contributed by atoms with van der Waals surface area (Å²) in [6.45, 7) is 4.90. The number of nitrogens with zero attached hydrogens (tertiary/aromatic N) is 1. The lowest BCUT2D eigenvalue weighted by molar-refractivity contribution is 0.600. The number of hydrogen-bond donors (Lipinski definition) is 2. The van der Waals surface area contributed by atoms with E-state index in [9.17, 15) is 8.42 Å². The van der Waals surface area contributed by atoms with Crippen LogP contribution in [-0.4, -0.2) is 13.0 Å². The average Bonchev–Trinajstić information content (AvgIpc) is 2.85. The molecule has 1 aromatic carbocycles.